The average Bonchev–Trinajstić information content (AvgIpc) is 3.04. The molecule has 128 valence electrons. The van der Waals surface area contributed by atoms with Crippen LogP contribution in [0.3, 0.4) is 0 Å². The van der Waals surface area contributed by atoms with E-state index >= 15 is 0 Å². The molecule has 3 aromatic rings. The van der Waals surface area contributed by atoms with Gasteiger partial charge in [-0.2, -0.15) is 4.68 Å². The third-order valence-corrected chi connectivity index (χ3v) is 4.55. The van der Waals surface area contributed by atoms with Gasteiger partial charge in [0.15, 0.2) is 0 Å². The van der Waals surface area contributed by atoms with Gasteiger partial charge in [0, 0.05) is 22.9 Å². The minimum atomic E-state index is -0.0383. The summed E-state index contributed by atoms with van der Waals surface area (Å²) in [5, 5.41) is 15.9. The van der Waals surface area contributed by atoms with E-state index in [0.29, 0.717) is 22.4 Å². The number of benzene rings is 2. The maximum Gasteiger partial charge on any atom is 0.225 e. The molecule has 0 aliphatic carbocycles. The van der Waals surface area contributed by atoms with Gasteiger partial charge in [0.05, 0.1) is 5.69 Å². The van der Waals surface area contributed by atoms with Gasteiger partial charge >= 0.3 is 0 Å². The monoisotopic (exact) mass is 373 g/mol. The number of carbonyl (C=O) groups is 1. The number of tetrazole rings is 1. The molecule has 25 heavy (non-hydrogen) atoms. The quantitative estimate of drug-likeness (QED) is 0.666. The first-order valence-corrected chi connectivity index (χ1v) is 9.02. The van der Waals surface area contributed by atoms with Crippen molar-refractivity contribution in [3.63, 3.8) is 0 Å². The summed E-state index contributed by atoms with van der Waals surface area (Å²) in [6.45, 7) is 1.99. The number of nitrogens with zero attached hydrogens (tertiary/aromatic N) is 4. The van der Waals surface area contributed by atoms with Crippen LogP contribution in [0.15, 0.2) is 53.7 Å². The lowest BCUT2D eigenvalue weighted by Crippen LogP contribution is -2.12. The topological polar surface area (TPSA) is 72.7 Å². The molecule has 0 saturated heterocycles. The summed E-state index contributed by atoms with van der Waals surface area (Å²) >= 11 is 7.32. The maximum atomic E-state index is 12.0. The van der Waals surface area contributed by atoms with Crippen LogP contribution < -0.4 is 5.32 Å². The van der Waals surface area contributed by atoms with Crippen LogP contribution in [-0.4, -0.2) is 31.9 Å². The van der Waals surface area contributed by atoms with Crippen LogP contribution in [0.2, 0.25) is 5.02 Å². The minimum Gasteiger partial charge on any atom is -0.326 e. The molecule has 0 aliphatic heterocycles. The molecule has 2 aromatic carbocycles. The van der Waals surface area contributed by atoms with E-state index in [4.69, 9.17) is 11.6 Å². The fourth-order valence-corrected chi connectivity index (χ4v) is 3.15. The van der Waals surface area contributed by atoms with E-state index in [1.54, 1.807) is 16.8 Å². The second kappa shape index (κ2) is 8.13. The van der Waals surface area contributed by atoms with Crippen molar-refractivity contribution in [3.8, 4) is 5.69 Å². The van der Waals surface area contributed by atoms with Gasteiger partial charge in [-0.05, 0) is 59.3 Å². The Morgan fingerprint density at radius 1 is 1.24 bits per heavy atom. The Morgan fingerprint density at radius 2 is 2.04 bits per heavy atom. The van der Waals surface area contributed by atoms with Gasteiger partial charge < -0.3 is 5.32 Å². The van der Waals surface area contributed by atoms with Gasteiger partial charge in [0.2, 0.25) is 11.1 Å². The average molecular weight is 374 g/mol. The smallest absolute Gasteiger partial charge is 0.225 e. The van der Waals surface area contributed by atoms with Crippen LogP contribution in [-0.2, 0) is 4.79 Å². The van der Waals surface area contributed by atoms with Crippen molar-refractivity contribution in [1.29, 1.82) is 0 Å². The van der Waals surface area contributed by atoms with E-state index in [1.807, 2.05) is 43.3 Å². The number of hydrogen-bond acceptors (Lipinski definition) is 5. The highest BCUT2D eigenvalue weighted by atomic mass is 35.5. The minimum absolute atomic E-state index is 0.0383. The van der Waals surface area contributed by atoms with Gasteiger partial charge in [-0.3, -0.25) is 4.79 Å². The molecule has 0 unspecified atom stereocenters. The second-order valence-electron chi connectivity index (χ2n) is 5.37. The van der Waals surface area contributed by atoms with Crippen LogP contribution in [0.1, 0.15) is 12.0 Å². The molecule has 8 heteroatoms. The van der Waals surface area contributed by atoms with Crippen LogP contribution in [0.4, 0.5) is 5.69 Å². The Hall–Kier alpha value is -2.38. The number of aryl methyl sites for hydroxylation is 1. The summed E-state index contributed by atoms with van der Waals surface area (Å²) in [7, 11) is 0. The summed E-state index contributed by atoms with van der Waals surface area (Å²) in [6, 6.07) is 15.0. The van der Waals surface area contributed by atoms with Crippen molar-refractivity contribution < 1.29 is 4.79 Å². The van der Waals surface area contributed by atoms with Gasteiger partial charge in [0.25, 0.3) is 0 Å². The van der Waals surface area contributed by atoms with Gasteiger partial charge in [-0.25, -0.2) is 0 Å². The van der Waals surface area contributed by atoms with E-state index in [1.165, 1.54) is 11.8 Å². The lowest BCUT2D eigenvalue weighted by atomic mass is 10.2. The molecular formula is C17H16ClN5OS. The predicted octanol–water partition coefficient (Wildman–Crippen LogP) is 3.75. The van der Waals surface area contributed by atoms with Crippen LogP contribution >= 0.6 is 23.4 Å². The van der Waals surface area contributed by atoms with Crippen molar-refractivity contribution in [2.45, 2.75) is 18.5 Å². The first-order valence-electron chi connectivity index (χ1n) is 7.65. The highest BCUT2D eigenvalue weighted by Gasteiger charge is 2.10. The Morgan fingerprint density at radius 3 is 2.80 bits per heavy atom. The van der Waals surface area contributed by atoms with E-state index in [-0.39, 0.29) is 5.91 Å². The number of halogens is 1. The number of amides is 1. The third kappa shape index (κ3) is 4.80. The van der Waals surface area contributed by atoms with Gasteiger partial charge in [-0.15, -0.1) is 5.10 Å². The molecule has 1 heterocycles. The van der Waals surface area contributed by atoms with Crippen molar-refractivity contribution in [2.75, 3.05) is 11.1 Å². The summed E-state index contributed by atoms with van der Waals surface area (Å²) in [6.07, 6.45) is 0.367. The lowest BCUT2D eigenvalue weighted by Gasteiger charge is -2.06. The normalized spacial score (nSPS) is 10.6. The largest absolute Gasteiger partial charge is 0.326 e. The van der Waals surface area contributed by atoms with Crippen LogP contribution in [0.25, 0.3) is 5.69 Å². The number of carbonyl (C=O) groups excluding carboxylic acids is 1. The Kier molecular flexibility index (Phi) is 5.67. The second-order valence-corrected chi connectivity index (χ2v) is 6.86. The summed E-state index contributed by atoms with van der Waals surface area (Å²) in [5.74, 6) is 0.537. The third-order valence-electron chi connectivity index (χ3n) is 3.37. The first-order chi connectivity index (χ1) is 12.1. The molecule has 0 spiro atoms. The van der Waals surface area contributed by atoms with E-state index in [9.17, 15) is 4.79 Å². The molecule has 0 atom stereocenters. The number of thioether (sulfide) groups is 1. The highest BCUT2D eigenvalue weighted by molar-refractivity contribution is 7.99. The van der Waals surface area contributed by atoms with Crippen molar-refractivity contribution >= 4 is 35.0 Å². The Balaban J connectivity index is 1.55. The summed E-state index contributed by atoms with van der Waals surface area (Å²) in [4.78, 5) is 12.0. The van der Waals surface area contributed by atoms with E-state index in [0.717, 1.165) is 16.9 Å². The molecule has 1 aromatic heterocycles. The van der Waals surface area contributed by atoms with Crippen molar-refractivity contribution in [1.82, 2.24) is 20.2 Å². The standard InChI is InChI=1S/C17H16ClN5OS/c1-12-3-2-4-14(11-12)19-16(24)9-10-25-17-20-21-22-23(17)15-7-5-13(18)6-8-15/h2-8,11H,9-10H2,1H3,(H,19,24). The van der Waals surface area contributed by atoms with Gasteiger partial charge in [0.1, 0.15) is 0 Å². The fourth-order valence-electron chi connectivity index (χ4n) is 2.19. The number of hydrogen-bond donors (Lipinski definition) is 1. The molecule has 3 rings (SSSR count). The molecule has 0 bridgehead atoms. The SMILES string of the molecule is Cc1cccc(NC(=O)CCSc2nnnn2-c2ccc(Cl)cc2)c1. The molecule has 0 aliphatic rings. The molecule has 1 amide bonds. The number of rotatable bonds is 6. The zero-order valence-corrected chi connectivity index (χ0v) is 15.1. The number of anilines is 1. The Bertz CT molecular complexity index is 865. The maximum absolute atomic E-state index is 12.0. The first kappa shape index (κ1) is 17.4. The predicted molar refractivity (Wildman–Crippen MR) is 99.3 cm³/mol. The van der Waals surface area contributed by atoms with Crippen molar-refractivity contribution in [3.05, 3.63) is 59.1 Å². The van der Waals surface area contributed by atoms with E-state index < -0.39 is 0 Å². The zero-order valence-electron chi connectivity index (χ0n) is 13.5. The number of nitrogens with one attached hydrogen (secondary N) is 1. The fraction of sp³-hybridized carbons (Fsp3) is 0.176. The molecule has 0 saturated carbocycles. The van der Waals surface area contributed by atoms with Crippen molar-refractivity contribution in [2.24, 2.45) is 0 Å². The van der Waals surface area contributed by atoms with Crippen LogP contribution in [0.5, 0.6) is 0 Å². The molecule has 1 N–H and O–H groups in total. The van der Waals surface area contributed by atoms with E-state index in [2.05, 4.69) is 20.8 Å². The summed E-state index contributed by atoms with van der Waals surface area (Å²) in [5.41, 5.74) is 2.73. The number of aromatic nitrogens is 4. The molecule has 0 radical (unpaired) electrons. The lowest BCUT2D eigenvalue weighted by molar-refractivity contribution is -0.115. The molecule has 6 nitrogen and oxygen atoms in total. The zero-order chi connectivity index (χ0) is 17.6. The summed E-state index contributed by atoms with van der Waals surface area (Å²) < 4.78 is 1.62. The van der Waals surface area contributed by atoms with Crippen LogP contribution in [0, 0.1) is 6.92 Å². The Labute approximate surface area is 154 Å². The molecule has 0 fully saturated rings. The molecular weight excluding hydrogens is 358 g/mol. The highest BCUT2D eigenvalue weighted by Crippen LogP contribution is 2.20. The van der Waals surface area contributed by atoms with Gasteiger partial charge in [-0.1, -0.05) is 35.5 Å².